The summed E-state index contributed by atoms with van der Waals surface area (Å²) in [6, 6.07) is 5.57. The molecular weight excluding hydrogens is 254 g/mol. The van der Waals surface area contributed by atoms with Gasteiger partial charge in [0.05, 0.1) is 0 Å². The van der Waals surface area contributed by atoms with Crippen molar-refractivity contribution in [3.63, 3.8) is 0 Å². The van der Waals surface area contributed by atoms with Gasteiger partial charge in [0, 0.05) is 38.4 Å². The molecule has 0 bridgehead atoms. The van der Waals surface area contributed by atoms with Gasteiger partial charge in [-0.25, -0.2) is 0 Å². The molecule has 1 aliphatic rings. The fraction of sp³-hybridized carbons (Fsp3) is 0.467. The van der Waals surface area contributed by atoms with Crippen LogP contribution in [-0.2, 0) is 4.79 Å². The second-order valence-electron chi connectivity index (χ2n) is 5.18. The summed E-state index contributed by atoms with van der Waals surface area (Å²) in [5, 5.41) is 3.08. The Bertz CT molecular complexity index is 528. The zero-order chi connectivity index (χ0) is 14.7. The summed E-state index contributed by atoms with van der Waals surface area (Å²) in [5.74, 6) is -0.0705. The van der Waals surface area contributed by atoms with E-state index < -0.39 is 0 Å². The number of benzene rings is 1. The van der Waals surface area contributed by atoms with Crippen molar-refractivity contribution in [3.8, 4) is 0 Å². The third kappa shape index (κ3) is 2.92. The molecule has 20 heavy (non-hydrogen) atoms. The minimum Gasteiger partial charge on any atom is -0.388 e. The molecule has 0 unspecified atom stereocenters. The lowest BCUT2D eigenvalue weighted by atomic mass is 10.1. The number of hydrogen-bond acceptors (Lipinski definition) is 3. The number of rotatable bonds is 2. The summed E-state index contributed by atoms with van der Waals surface area (Å²) in [6.07, 6.45) is 0.821. The molecular formula is C15H21N3O2. The Balaban J connectivity index is 2.18. The maximum absolute atomic E-state index is 12.5. The van der Waals surface area contributed by atoms with Crippen LogP contribution >= 0.6 is 0 Å². The van der Waals surface area contributed by atoms with E-state index in [9.17, 15) is 9.59 Å². The molecule has 1 heterocycles. The lowest BCUT2D eigenvalue weighted by Crippen LogP contribution is -2.38. The number of hydrogen-bond donors (Lipinski definition) is 1. The lowest BCUT2D eigenvalue weighted by molar-refractivity contribution is -0.129. The molecule has 0 saturated carbocycles. The molecule has 1 aromatic rings. The molecule has 0 aliphatic carbocycles. The summed E-state index contributed by atoms with van der Waals surface area (Å²) in [6.45, 7) is 3.47. The summed E-state index contributed by atoms with van der Waals surface area (Å²) in [7, 11) is 3.63. The van der Waals surface area contributed by atoms with Crippen molar-refractivity contribution >= 4 is 17.5 Å². The van der Waals surface area contributed by atoms with Crippen molar-refractivity contribution in [1.82, 2.24) is 9.80 Å². The number of amides is 2. The van der Waals surface area contributed by atoms with E-state index in [1.54, 1.807) is 22.9 Å². The molecule has 108 valence electrons. The van der Waals surface area contributed by atoms with Gasteiger partial charge in [-0.15, -0.1) is 0 Å². The highest BCUT2D eigenvalue weighted by Crippen LogP contribution is 2.17. The standard InChI is InChI=1S/C15H21N3O2/c1-11-9-12(5-6-13(11)16-2)15(20)18-8-4-7-17(3)14(19)10-18/h5-6,9,16H,4,7-8,10H2,1-3H3. The van der Waals surface area contributed by atoms with Crippen LogP contribution in [0.5, 0.6) is 0 Å². The molecule has 0 atom stereocenters. The molecule has 1 N–H and O–H groups in total. The zero-order valence-electron chi connectivity index (χ0n) is 12.3. The SMILES string of the molecule is CNc1ccc(C(=O)N2CCCN(C)C(=O)C2)cc1C. The first kappa shape index (κ1) is 14.4. The molecule has 5 heteroatoms. The number of aryl methyl sites for hydroxylation is 1. The Morgan fingerprint density at radius 2 is 2.05 bits per heavy atom. The molecule has 1 saturated heterocycles. The van der Waals surface area contributed by atoms with Crippen LogP contribution in [-0.4, -0.2) is 55.3 Å². The summed E-state index contributed by atoms with van der Waals surface area (Å²) >= 11 is 0. The Hall–Kier alpha value is -2.04. The topological polar surface area (TPSA) is 52.7 Å². The van der Waals surface area contributed by atoms with Gasteiger partial charge in [0.2, 0.25) is 5.91 Å². The van der Waals surface area contributed by atoms with Gasteiger partial charge in [0.1, 0.15) is 6.54 Å². The van der Waals surface area contributed by atoms with Gasteiger partial charge < -0.3 is 15.1 Å². The zero-order valence-corrected chi connectivity index (χ0v) is 12.3. The van der Waals surface area contributed by atoms with E-state index in [1.807, 2.05) is 26.1 Å². The van der Waals surface area contributed by atoms with E-state index in [0.717, 1.165) is 17.7 Å². The maximum Gasteiger partial charge on any atom is 0.254 e. The number of carbonyl (C=O) groups excluding carboxylic acids is 2. The molecule has 0 spiro atoms. The van der Waals surface area contributed by atoms with Crippen LogP contribution in [0.1, 0.15) is 22.3 Å². The highest BCUT2D eigenvalue weighted by molar-refractivity contribution is 5.97. The number of carbonyl (C=O) groups is 2. The van der Waals surface area contributed by atoms with E-state index in [0.29, 0.717) is 18.7 Å². The van der Waals surface area contributed by atoms with E-state index >= 15 is 0 Å². The smallest absolute Gasteiger partial charge is 0.254 e. The predicted molar refractivity (Wildman–Crippen MR) is 78.9 cm³/mol. The van der Waals surface area contributed by atoms with Crippen molar-refractivity contribution in [2.24, 2.45) is 0 Å². The lowest BCUT2D eigenvalue weighted by Gasteiger charge is -2.20. The highest BCUT2D eigenvalue weighted by atomic mass is 16.2. The third-order valence-electron chi connectivity index (χ3n) is 3.70. The number of anilines is 1. The summed E-state index contributed by atoms with van der Waals surface area (Å²) in [5.41, 5.74) is 2.67. The normalized spacial score (nSPS) is 16.1. The van der Waals surface area contributed by atoms with Crippen molar-refractivity contribution in [1.29, 1.82) is 0 Å². The molecule has 0 radical (unpaired) electrons. The molecule has 1 fully saturated rings. The number of nitrogens with one attached hydrogen (secondary N) is 1. The first-order valence-electron chi connectivity index (χ1n) is 6.84. The Kier molecular flexibility index (Phi) is 4.27. The Morgan fingerprint density at radius 3 is 2.70 bits per heavy atom. The van der Waals surface area contributed by atoms with Gasteiger partial charge >= 0.3 is 0 Å². The summed E-state index contributed by atoms with van der Waals surface area (Å²) in [4.78, 5) is 27.7. The fourth-order valence-electron chi connectivity index (χ4n) is 2.42. The Labute approximate surface area is 119 Å². The van der Waals surface area contributed by atoms with E-state index in [2.05, 4.69) is 5.32 Å². The Morgan fingerprint density at radius 1 is 1.30 bits per heavy atom. The quantitative estimate of drug-likeness (QED) is 0.886. The molecule has 1 aromatic carbocycles. The van der Waals surface area contributed by atoms with E-state index in [1.165, 1.54) is 0 Å². The van der Waals surface area contributed by atoms with Gasteiger partial charge in [-0.3, -0.25) is 9.59 Å². The van der Waals surface area contributed by atoms with Crippen molar-refractivity contribution in [2.75, 3.05) is 39.0 Å². The van der Waals surface area contributed by atoms with Gasteiger partial charge in [-0.05, 0) is 37.1 Å². The van der Waals surface area contributed by atoms with Crippen molar-refractivity contribution in [2.45, 2.75) is 13.3 Å². The summed E-state index contributed by atoms with van der Waals surface area (Å²) < 4.78 is 0. The average molecular weight is 275 g/mol. The van der Waals surface area contributed by atoms with Crippen molar-refractivity contribution in [3.05, 3.63) is 29.3 Å². The van der Waals surface area contributed by atoms with Crippen LogP contribution in [0, 0.1) is 6.92 Å². The maximum atomic E-state index is 12.5. The van der Waals surface area contributed by atoms with Gasteiger partial charge in [0.15, 0.2) is 0 Å². The van der Waals surface area contributed by atoms with Crippen LogP contribution in [0.3, 0.4) is 0 Å². The van der Waals surface area contributed by atoms with Gasteiger partial charge in [-0.1, -0.05) is 0 Å². The van der Waals surface area contributed by atoms with E-state index in [4.69, 9.17) is 0 Å². The number of likely N-dealkylation sites (N-methyl/N-ethyl adjacent to an activating group) is 1. The van der Waals surface area contributed by atoms with Crippen LogP contribution in [0.4, 0.5) is 5.69 Å². The largest absolute Gasteiger partial charge is 0.388 e. The van der Waals surface area contributed by atoms with Crippen LogP contribution in [0.2, 0.25) is 0 Å². The molecule has 2 amide bonds. The third-order valence-corrected chi connectivity index (χ3v) is 3.70. The highest BCUT2D eigenvalue weighted by Gasteiger charge is 2.23. The second-order valence-corrected chi connectivity index (χ2v) is 5.18. The second kappa shape index (κ2) is 5.94. The predicted octanol–water partition coefficient (Wildman–Crippen LogP) is 1.34. The van der Waals surface area contributed by atoms with Gasteiger partial charge in [-0.2, -0.15) is 0 Å². The van der Waals surface area contributed by atoms with Crippen LogP contribution in [0.15, 0.2) is 18.2 Å². The minimum atomic E-state index is -0.0700. The fourth-order valence-corrected chi connectivity index (χ4v) is 2.42. The monoisotopic (exact) mass is 275 g/mol. The van der Waals surface area contributed by atoms with E-state index in [-0.39, 0.29) is 18.4 Å². The van der Waals surface area contributed by atoms with Crippen molar-refractivity contribution < 1.29 is 9.59 Å². The van der Waals surface area contributed by atoms with Gasteiger partial charge in [0.25, 0.3) is 5.91 Å². The molecule has 5 nitrogen and oxygen atoms in total. The first-order valence-corrected chi connectivity index (χ1v) is 6.84. The minimum absolute atomic E-state index is 0.000540. The van der Waals surface area contributed by atoms with Crippen LogP contribution < -0.4 is 5.32 Å². The first-order chi connectivity index (χ1) is 9.52. The van der Waals surface area contributed by atoms with Crippen LogP contribution in [0.25, 0.3) is 0 Å². The molecule has 1 aliphatic heterocycles. The average Bonchev–Trinajstić information content (AvgIpc) is 2.60. The number of nitrogens with zero attached hydrogens (tertiary/aromatic N) is 2. The molecule has 2 rings (SSSR count). The molecule has 0 aromatic heterocycles.